The van der Waals surface area contributed by atoms with Crippen LogP contribution < -0.4 is 5.32 Å². The van der Waals surface area contributed by atoms with E-state index in [0.717, 1.165) is 11.6 Å². The van der Waals surface area contributed by atoms with Crippen LogP contribution in [0, 0.1) is 20.8 Å². The highest BCUT2D eigenvalue weighted by molar-refractivity contribution is 7.12. The van der Waals surface area contributed by atoms with Crippen LogP contribution in [0.5, 0.6) is 0 Å². The zero-order chi connectivity index (χ0) is 12.4. The number of rotatable bonds is 3. The van der Waals surface area contributed by atoms with Gasteiger partial charge < -0.3 is 5.32 Å². The Bertz CT molecular complexity index is 519. The van der Waals surface area contributed by atoms with E-state index < -0.39 is 0 Å². The Kier molecular flexibility index (Phi) is 3.43. The zero-order valence-corrected chi connectivity index (χ0v) is 11.4. The van der Waals surface area contributed by atoms with Crippen molar-refractivity contribution in [3.8, 4) is 0 Å². The van der Waals surface area contributed by atoms with Crippen molar-refractivity contribution in [3.05, 3.63) is 39.5 Å². The molecule has 0 aliphatic carbocycles. The van der Waals surface area contributed by atoms with Gasteiger partial charge in [0.2, 0.25) is 0 Å². The van der Waals surface area contributed by atoms with Gasteiger partial charge in [0.05, 0.1) is 6.04 Å². The minimum Gasteiger partial charge on any atom is -0.363 e. The number of thiophene rings is 1. The molecule has 2 heterocycles. The summed E-state index contributed by atoms with van der Waals surface area (Å²) in [7, 11) is 0. The van der Waals surface area contributed by atoms with Crippen molar-refractivity contribution in [3.63, 3.8) is 0 Å². The van der Waals surface area contributed by atoms with Crippen LogP contribution in [-0.2, 0) is 0 Å². The van der Waals surface area contributed by atoms with Crippen LogP contribution >= 0.6 is 11.3 Å². The van der Waals surface area contributed by atoms with Crippen molar-refractivity contribution >= 4 is 17.2 Å². The molecular formula is C13H17N3S. The van der Waals surface area contributed by atoms with Crippen LogP contribution in [0.4, 0.5) is 5.82 Å². The highest BCUT2D eigenvalue weighted by Gasteiger charge is 2.11. The molecule has 17 heavy (non-hydrogen) atoms. The lowest BCUT2D eigenvalue weighted by Crippen LogP contribution is -2.08. The normalized spacial score (nSPS) is 12.5. The molecule has 2 aromatic heterocycles. The maximum absolute atomic E-state index is 4.36. The Morgan fingerprint density at radius 1 is 1.29 bits per heavy atom. The summed E-state index contributed by atoms with van der Waals surface area (Å²) in [4.78, 5) is 11.2. The number of aryl methyl sites for hydroxylation is 3. The topological polar surface area (TPSA) is 37.8 Å². The molecule has 0 saturated heterocycles. The second-order valence-corrected chi connectivity index (χ2v) is 5.68. The lowest BCUT2D eigenvalue weighted by molar-refractivity contribution is 0.864. The summed E-state index contributed by atoms with van der Waals surface area (Å²) in [5, 5.41) is 3.41. The van der Waals surface area contributed by atoms with E-state index in [0.29, 0.717) is 0 Å². The lowest BCUT2D eigenvalue weighted by Gasteiger charge is -2.14. The number of anilines is 1. The average molecular weight is 247 g/mol. The quantitative estimate of drug-likeness (QED) is 0.900. The molecule has 90 valence electrons. The van der Waals surface area contributed by atoms with Gasteiger partial charge in [0.25, 0.3) is 0 Å². The molecule has 2 rings (SSSR count). The molecule has 0 aromatic carbocycles. The van der Waals surface area contributed by atoms with Crippen molar-refractivity contribution < 1.29 is 0 Å². The Hall–Kier alpha value is -1.42. The van der Waals surface area contributed by atoms with E-state index in [1.807, 2.05) is 24.3 Å². The Morgan fingerprint density at radius 3 is 2.65 bits per heavy atom. The van der Waals surface area contributed by atoms with Gasteiger partial charge in [-0.1, -0.05) is 0 Å². The van der Waals surface area contributed by atoms with E-state index in [9.17, 15) is 0 Å². The summed E-state index contributed by atoms with van der Waals surface area (Å²) in [5.41, 5.74) is 1.35. The molecule has 0 amide bonds. The summed E-state index contributed by atoms with van der Waals surface area (Å²) in [6.07, 6.45) is 1.78. The molecular weight excluding hydrogens is 230 g/mol. The molecule has 1 unspecified atom stereocenters. The fraction of sp³-hybridized carbons (Fsp3) is 0.385. The summed E-state index contributed by atoms with van der Waals surface area (Å²) in [6.45, 7) is 8.36. The van der Waals surface area contributed by atoms with E-state index in [4.69, 9.17) is 0 Å². The number of aromatic nitrogens is 2. The van der Waals surface area contributed by atoms with E-state index >= 15 is 0 Å². The Labute approximate surface area is 106 Å². The van der Waals surface area contributed by atoms with Crippen LogP contribution in [-0.4, -0.2) is 9.97 Å². The van der Waals surface area contributed by atoms with E-state index in [-0.39, 0.29) is 6.04 Å². The van der Waals surface area contributed by atoms with Gasteiger partial charge in [0.1, 0.15) is 11.6 Å². The molecule has 0 spiro atoms. The van der Waals surface area contributed by atoms with E-state index in [2.05, 4.69) is 42.1 Å². The van der Waals surface area contributed by atoms with Crippen molar-refractivity contribution in [1.29, 1.82) is 0 Å². The van der Waals surface area contributed by atoms with Crippen molar-refractivity contribution in [1.82, 2.24) is 9.97 Å². The fourth-order valence-corrected chi connectivity index (χ4v) is 2.94. The first-order valence-corrected chi connectivity index (χ1v) is 6.51. The highest BCUT2D eigenvalue weighted by Crippen LogP contribution is 2.27. The van der Waals surface area contributed by atoms with E-state index in [1.165, 1.54) is 15.3 Å². The van der Waals surface area contributed by atoms with Crippen molar-refractivity contribution in [2.24, 2.45) is 0 Å². The Morgan fingerprint density at radius 2 is 2.06 bits per heavy atom. The fourth-order valence-electron chi connectivity index (χ4n) is 1.92. The first-order chi connectivity index (χ1) is 8.06. The molecule has 0 aliphatic heterocycles. The predicted octanol–water partition coefficient (Wildman–Crippen LogP) is 3.64. The molecule has 2 aromatic rings. The smallest absolute Gasteiger partial charge is 0.130 e. The van der Waals surface area contributed by atoms with Gasteiger partial charge in [0.15, 0.2) is 0 Å². The van der Waals surface area contributed by atoms with Gasteiger partial charge in [-0.2, -0.15) is 0 Å². The molecule has 0 aliphatic rings. The molecule has 3 nitrogen and oxygen atoms in total. The molecule has 0 saturated carbocycles. The minimum atomic E-state index is 0.272. The minimum absolute atomic E-state index is 0.272. The average Bonchev–Trinajstić information content (AvgIpc) is 2.58. The summed E-state index contributed by atoms with van der Waals surface area (Å²) in [5.74, 6) is 1.67. The number of hydrogen-bond donors (Lipinski definition) is 1. The van der Waals surface area contributed by atoms with Gasteiger partial charge in [-0.25, -0.2) is 9.97 Å². The second kappa shape index (κ2) is 4.84. The van der Waals surface area contributed by atoms with Gasteiger partial charge >= 0.3 is 0 Å². The molecule has 0 radical (unpaired) electrons. The third-order valence-electron chi connectivity index (χ3n) is 2.69. The monoisotopic (exact) mass is 247 g/mol. The number of nitrogens with zero attached hydrogens (tertiary/aromatic N) is 2. The molecule has 1 atom stereocenters. The maximum atomic E-state index is 4.36. The Balaban J connectivity index is 2.16. The van der Waals surface area contributed by atoms with Crippen molar-refractivity contribution in [2.45, 2.75) is 33.7 Å². The number of hydrogen-bond acceptors (Lipinski definition) is 4. The largest absolute Gasteiger partial charge is 0.363 e. The van der Waals surface area contributed by atoms with Gasteiger partial charge in [-0.3, -0.25) is 0 Å². The van der Waals surface area contributed by atoms with Gasteiger partial charge in [0, 0.05) is 16.0 Å². The second-order valence-electron chi connectivity index (χ2n) is 4.22. The van der Waals surface area contributed by atoms with E-state index in [1.54, 1.807) is 6.20 Å². The SMILES string of the molecule is Cc1nccc(NC(C)c2cc(C)sc2C)n1. The summed E-state index contributed by atoms with van der Waals surface area (Å²) >= 11 is 1.84. The third kappa shape index (κ3) is 2.82. The van der Waals surface area contributed by atoms with Crippen LogP contribution in [0.3, 0.4) is 0 Å². The van der Waals surface area contributed by atoms with Crippen LogP contribution in [0.2, 0.25) is 0 Å². The number of nitrogens with one attached hydrogen (secondary N) is 1. The summed E-state index contributed by atoms with van der Waals surface area (Å²) < 4.78 is 0. The third-order valence-corrected chi connectivity index (χ3v) is 3.67. The first-order valence-electron chi connectivity index (χ1n) is 5.69. The van der Waals surface area contributed by atoms with Crippen molar-refractivity contribution in [2.75, 3.05) is 5.32 Å². The predicted molar refractivity (Wildman–Crippen MR) is 72.6 cm³/mol. The van der Waals surface area contributed by atoms with Crippen LogP contribution in [0.25, 0.3) is 0 Å². The zero-order valence-electron chi connectivity index (χ0n) is 10.6. The lowest BCUT2D eigenvalue weighted by atomic mass is 10.1. The van der Waals surface area contributed by atoms with Gasteiger partial charge in [-0.15, -0.1) is 11.3 Å². The van der Waals surface area contributed by atoms with Gasteiger partial charge in [-0.05, 0) is 45.4 Å². The summed E-state index contributed by atoms with van der Waals surface area (Å²) in [6, 6.07) is 4.42. The maximum Gasteiger partial charge on any atom is 0.130 e. The van der Waals surface area contributed by atoms with Crippen LogP contribution in [0.1, 0.15) is 34.1 Å². The standard InChI is InChI=1S/C13H17N3S/c1-8-7-12(10(3)17-8)9(2)15-13-5-6-14-11(4)16-13/h5-7,9H,1-4H3,(H,14,15,16). The first kappa shape index (κ1) is 12.0. The molecule has 0 bridgehead atoms. The molecule has 1 N–H and O–H groups in total. The highest BCUT2D eigenvalue weighted by atomic mass is 32.1. The molecule has 4 heteroatoms. The van der Waals surface area contributed by atoms with Crippen LogP contribution in [0.15, 0.2) is 18.3 Å². The molecule has 0 fully saturated rings.